The molecule has 0 aliphatic carbocycles. The van der Waals surface area contributed by atoms with Crippen molar-refractivity contribution in [2.24, 2.45) is 5.92 Å². The summed E-state index contributed by atoms with van der Waals surface area (Å²) in [6, 6.07) is 2.58. The average Bonchev–Trinajstić information content (AvgIpc) is 2.78. The lowest BCUT2D eigenvalue weighted by Crippen LogP contribution is -2.40. The van der Waals surface area contributed by atoms with E-state index in [0.29, 0.717) is 13.2 Å². The van der Waals surface area contributed by atoms with Crippen molar-refractivity contribution in [1.29, 1.82) is 0 Å². The predicted molar refractivity (Wildman–Crippen MR) is 108 cm³/mol. The van der Waals surface area contributed by atoms with E-state index >= 15 is 0 Å². The first kappa shape index (κ1) is 21.9. The van der Waals surface area contributed by atoms with E-state index in [9.17, 15) is 27.7 Å². The van der Waals surface area contributed by atoms with Gasteiger partial charge in [0.15, 0.2) is 11.4 Å². The molecule has 0 unspecified atom stereocenters. The maximum absolute atomic E-state index is 13.3. The van der Waals surface area contributed by atoms with Gasteiger partial charge >= 0.3 is 0 Å². The highest BCUT2D eigenvalue weighted by Gasteiger charge is 2.34. The number of halogens is 1. The molecule has 3 heterocycles. The Bertz CT molecular complexity index is 1170. The summed E-state index contributed by atoms with van der Waals surface area (Å²) in [6.07, 6.45) is 3.40. The Kier molecular flexibility index (Phi) is 5.93. The standard InChI is InChI=1S/C19H19FN4O7S/c20-13-5-12(8-21-9-13)19(25)23-32(28,29)14-6-16(24(26)27)18-17(7-14)31-10-15(22-18)11-1-3-30-4-2-11/h5-9,11,15,22H,1-4,10H2,(H,23,25)/t15-/m0/s1. The fourth-order valence-electron chi connectivity index (χ4n) is 3.69. The van der Waals surface area contributed by atoms with Crippen LogP contribution in [-0.2, 0) is 14.8 Å². The van der Waals surface area contributed by atoms with E-state index in [1.807, 2.05) is 0 Å². The zero-order chi connectivity index (χ0) is 22.9. The van der Waals surface area contributed by atoms with E-state index in [2.05, 4.69) is 10.3 Å². The SMILES string of the molecule is O=C(NS(=O)(=O)c1cc2c(c([N+](=O)[O-])c1)N[C@H](C1CCOCC1)CO2)c1cncc(F)c1. The number of hydrogen-bond donors (Lipinski definition) is 2. The van der Waals surface area contributed by atoms with E-state index in [-0.39, 0.29) is 35.6 Å². The Morgan fingerprint density at radius 3 is 2.69 bits per heavy atom. The van der Waals surface area contributed by atoms with E-state index in [4.69, 9.17) is 9.47 Å². The van der Waals surface area contributed by atoms with E-state index in [1.54, 1.807) is 4.72 Å². The predicted octanol–water partition coefficient (Wildman–Crippen LogP) is 1.85. The lowest BCUT2D eigenvalue weighted by molar-refractivity contribution is -0.384. The number of hydrogen-bond acceptors (Lipinski definition) is 9. The van der Waals surface area contributed by atoms with Crippen LogP contribution in [0.15, 0.2) is 35.5 Å². The van der Waals surface area contributed by atoms with Gasteiger partial charge in [0.1, 0.15) is 12.4 Å². The van der Waals surface area contributed by atoms with Gasteiger partial charge in [-0.2, -0.15) is 0 Å². The molecule has 1 fully saturated rings. The van der Waals surface area contributed by atoms with Gasteiger partial charge in [-0.25, -0.2) is 17.5 Å². The molecule has 11 nitrogen and oxygen atoms in total. The lowest BCUT2D eigenvalue weighted by atomic mass is 9.91. The highest BCUT2D eigenvalue weighted by atomic mass is 32.2. The molecule has 0 bridgehead atoms. The van der Waals surface area contributed by atoms with Crippen LogP contribution in [0.4, 0.5) is 15.8 Å². The average molecular weight is 466 g/mol. The summed E-state index contributed by atoms with van der Waals surface area (Å²) in [5.41, 5.74) is -0.741. The molecule has 170 valence electrons. The molecule has 1 aromatic carbocycles. The molecule has 1 aromatic heterocycles. The number of nitrogens with one attached hydrogen (secondary N) is 2. The summed E-state index contributed by atoms with van der Waals surface area (Å²) < 4.78 is 51.5. The summed E-state index contributed by atoms with van der Waals surface area (Å²) >= 11 is 0. The highest BCUT2D eigenvalue weighted by molar-refractivity contribution is 7.90. The first-order chi connectivity index (χ1) is 15.2. The molecule has 1 amide bonds. The number of sulfonamides is 1. The van der Waals surface area contributed by atoms with Gasteiger partial charge in [-0.1, -0.05) is 0 Å². The number of rotatable bonds is 5. The molecular formula is C19H19FN4O7S. The number of fused-ring (bicyclic) bond motifs is 1. The second-order valence-electron chi connectivity index (χ2n) is 7.41. The lowest BCUT2D eigenvalue weighted by Gasteiger charge is -2.35. The Morgan fingerprint density at radius 2 is 2.00 bits per heavy atom. The number of aromatic nitrogens is 1. The number of carbonyl (C=O) groups excluding carboxylic acids is 1. The third-order valence-electron chi connectivity index (χ3n) is 5.34. The number of amides is 1. The van der Waals surface area contributed by atoms with Crippen molar-refractivity contribution in [3.8, 4) is 5.75 Å². The Labute approximate surface area is 182 Å². The van der Waals surface area contributed by atoms with Crippen LogP contribution in [0.1, 0.15) is 23.2 Å². The van der Waals surface area contributed by atoms with Gasteiger partial charge in [0.2, 0.25) is 0 Å². The summed E-state index contributed by atoms with van der Waals surface area (Å²) in [5, 5.41) is 14.8. The molecule has 0 saturated carbocycles. The smallest absolute Gasteiger partial charge is 0.297 e. The van der Waals surface area contributed by atoms with Gasteiger partial charge in [-0.15, -0.1) is 0 Å². The zero-order valence-corrected chi connectivity index (χ0v) is 17.4. The van der Waals surface area contributed by atoms with Crippen LogP contribution in [0.25, 0.3) is 0 Å². The molecule has 0 radical (unpaired) electrons. The minimum Gasteiger partial charge on any atom is -0.489 e. The van der Waals surface area contributed by atoms with Crippen molar-refractivity contribution in [2.45, 2.75) is 23.8 Å². The van der Waals surface area contributed by atoms with Crippen molar-refractivity contribution >= 4 is 27.3 Å². The monoisotopic (exact) mass is 466 g/mol. The van der Waals surface area contributed by atoms with Crippen LogP contribution in [-0.4, -0.2) is 50.1 Å². The largest absolute Gasteiger partial charge is 0.489 e. The Hall–Kier alpha value is -3.32. The van der Waals surface area contributed by atoms with Gasteiger partial charge in [0.05, 0.1) is 27.6 Å². The van der Waals surface area contributed by atoms with Crippen LogP contribution >= 0.6 is 0 Å². The maximum atomic E-state index is 13.3. The van der Waals surface area contributed by atoms with Crippen molar-refractivity contribution in [1.82, 2.24) is 9.71 Å². The molecule has 13 heteroatoms. The summed E-state index contributed by atoms with van der Waals surface area (Å²) in [6.45, 7) is 1.38. The number of pyridine rings is 1. The number of nitro groups is 1. The summed E-state index contributed by atoms with van der Waals surface area (Å²) in [7, 11) is -4.52. The minimum absolute atomic E-state index is 0.0113. The molecule has 2 aromatic rings. The third-order valence-corrected chi connectivity index (χ3v) is 6.65. The highest BCUT2D eigenvalue weighted by Crippen LogP contribution is 2.41. The quantitative estimate of drug-likeness (QED) is 0.497. The van der Waals surface area contributed by atoms with Gasteiger partial charge < -0.3 is 14.8 Å². The number of ether oxygens (including phenoxy) is 2. The van der Waals surface area contributed by atoms with Crippen LogP contribution in [0.2, 0.25) is 0 Å². The van der Waals surface area contributed by atoms with Crippen LogP contribution < -0.4 is 14.8 Å². The maximum Gasteiger partial charge on any atom is 0.297 e. The second kappa shape index (κ2) is 8.67. The first-order valence-corrected chi connectivity index (χ1v) is 11.2. The fourth-order valence-corrected chi connectivity index (χ4v) is 4.70. The van der Waals surface area contributed by atoms with Crippen LogP contribution in [0.5, 0.6) is 5.75 Å². The molecule has 1 atom stereocenters. The molecule has 2 aliphatic rings. The molecule has 0 spiro atoms. The van der Waals surface area contributed by atoms with Gasteiger partial charge in [0, 0.05) is 31.5 Å². The van der Waals surface area contributed by atoms with Crippen molar-refractivity contribution in [3.05, 3.63) is 52.1 Å². The summed E-state index contributed by atoms with van der Waals surface area (Å²) in [4.78, 5) is 26.1. The van der Waals surface area contributed by atoms with Gasteiger partial charge in [-0.05, 0) is 24.8 Å². The van der Waals surface area contributed by atoms with Gasteiger partial charge in [0.25, 0.3) is 21.6 Å². The molecule has 2 N–H and O–H groups in total. The van der Waals surface area contributed by atoms with Crippen molar-refractivity contribution in [2.75, 3.05) is 25.1 Å². The molecule has 2 aliphatic heterocycles. The Balaban J connectivity index is 1.62. The summed E-state index contributed by atoms with van der Waals surface area (Å²) in [5.74, 6) is -1.77. The van der Waals surface area contributed by atoms with E-state index < -0.39 is 37.3 Å². The number of anilines is 1. The van der Waals surface area contributed by atoms with Crippen molar-refractivity contribution in [3.63, 3.8) is 0 Å². The fraction of sp³-hybridized carbons (Fsp3) is 0.368. The minimum atomic E-state index is -4.52. The third kappa shape index (κ3) is 4.48. The zero-order valence-electron chi connectivity index (χ0n) is 16.6. The Morgan fingerprint density at radius 1 is 1.25 bits per heavy atom. The van der Waals surface area contributed by atoms with E-state index in [1.165, 1.54) is 0 Å². The first-order valence-electron chi connectivity index (χ1n) is 9.72. The number of nitrogens with zero attached hydrogens (tertiary/aromatic N) is 2. The topological polar surface area (TPSA) is 150 Å². The number of nitro benzene ring substituents is 1. The van der Waals surface area contributed by atoms with Crippen molar-refractivity contribution < 1.29 is 32.0 Å². The van der Waals surface area contributed by atoms with Crippen LogP contribution in [0.3, 0.4) is 0 Å². The molecule has 4 rings (SSSR count). The second-order valence-corrected chi connectivity index (χ2v) is 9.09. The van der Waals surface area contributed by atoms with E-state index in [0.717, 1.165) is 43.4 Å². The number of carbonyl (C=O) groups is 1. The molecule has 32 heavy (non-hydrogen) atoms. The normalized spacial score (nSPS) is 18.7. The van der Waals surface area contributed by atoms with Gasteiger partial charge in [-0.3, -0.25) is 19.9 Å². The molecular weight excluding hydrogens is 447 g/mol. The number of benzene rings is 1. The van der Waals surface area contributed by atoms with Crippen LogP contribution in [0, 0.1) is 21.8 Å². The molecule has 1 saturated heterocycles.